The normalized spacial score (nSPS) is 26.2. The Morgan fingerprint density at radius 1 is 1.58 bits per heavy atom. The van der Waals surface area contributed by atoms with Crippen LogP contribution in [0.15, 0.2) is 0 Å². The van der Waals surface area contributed by atoms with Crippen LogP contribution in [0.2, 0.25) is 0 Å². The van der Waals surface area contributed by atoms with Crippen molar-refractivity contribution in [3.05, 3.63) is 0 Å². The van der Waals surface area contributed by atoms with Crippen molar-refractivity contribution in [2.45, 2.75) is 33.1 Å². The molecule has 1 atom stereocenters. The summed E-state index contributed by atoms with van der Waals surface area (Å²) < 4.78 is 0. The third-order valence-electron chi connectivity index (χ3n) is 2.58. The van der Waals surface area contributed by atoms with Gasteiger partial charge in [0.25, 0.3) is 0 Å². The molecule has 1 aliphatic rings. The van der Waals surface area contributed by atoms with E-state index in [9.17, 15) is 4.79 Å². The van der Waals surface area contributed by atoms with E-state index in [1.54, 1.807) is 0 Å². The molecule has 0 amide bonds. The van der Waals surface area contributed by atoms with Crippen LogP contribution in [-0.4, -0.2) is 30.3 Å². The fourth-order valence-electron chi connectivity index (χ4n) is 1.68. The molecule has 1 unspecified atom stereocenters. The predicted octanol–water partition coefficient (Wildman–Crippen LogP) is 1.70. The average molecular weight is 169 g/mol. The molecule has 0 bridgehead atoms. The van der Waals surface area contributed by atoms with Crippen molar-refractivity contribution in [1.29, 1.82) is 0 Å². The molecule has 12 heavy (non-hydrogen) atoms. The quantitative estimate of drug-likeness (QED) is 0.641. The largest absolute Gasteiger partial charge is 0.302 e. The van der Waals surface area contributed by atoms with E-state index in [0.717, 1.165) is 19.5 Å². The maximum absolute atomic E-state index is 11.2. The van der Waals surface area contributed by atoms with Crippen LogP contribution >= 0.6 is 0 Å². The van der Waals surface area contributed by atoms with Gasteiger partial charge in [-0.15, -0.1) is 0 Å². The van der Waals surface area contributed by atoms with Gasteiger partial charge in [0.15, 0.2) is 0 Å². The number of piperidine rings is 1. The second-order valence-electron chi connectivity index (χ2n) is 3.77. The number of ketones is 1. The molecule has 0 N–H and O–H groups in total. The Balaban J connectivity index is 2.25. The number of Topliss-reactive ketones (excluding diaryl/α,β-unsaturated/α-hetero) is 1. The number of carbonyl (C=O) groups excluding carboxylic acids is 1. The highest BCUT2D eigenvalue weighted by molar-refractivity contribution is 5.81. The lowest BCUT2D eigenvalue weighted by atomic mass is 9.98. The summed E-state index contributed by atoms with van der Waals surface area (Å²) in [7, 11) is 0. The van der Waals surface area contributed by atoms with Crippen molar-refractivity contribution in [2.75, 3.05) is 19.6 Å². The number of hydrogen-bond acceptors (Lipinski definition) is 2. The van der Waals surface area contributed by atoms with Gasteiger partial charge in [0.05, 0.1) is 0 Å². The van der Waals surface area contributed by atoms with Crippen LogP contribution in [-0.2, 0) is 4.79 Å². The van der Waals surface area contributed by atoms with E-state index >= 15 is 0 Å². The number of carbonyl (C=O) groups is 1. The molecule has 0 aromatic carbocycles. The fraction of sp³-hybridized carbons (Fsp3) is 0.900. The zero-order chi connectivity index (χ0) is 8.97. The summed E-state index contributed by atoms with van der Waals surface area (Å²) in [6, 6.07) is 0. The van der Waals surface area contributed by atoms with Crippen LogP contribution in [0.25, 0.3) is 0 Å². The Hall–Kier alpha value is -0.370. The van der Waals surface area contributed by atoms with E-state index in [2.05, 4.69) is 11.8 Å². The minimum Gasteiger partial charge on any atom is -0.302 e. The molecule has 0 radical (unpaired) electrons. The predicted molar refractivity (Wildman–Crippen MR) is 50.1 cm³/mol. The minimum absolute atomic E-state index is 0.274. The maximum atomic E-state index is 11.2. The number of hydrogen-bond donors (Lipinski definition) is 0. The number of unbranched alkanes of at least 4 members (excludes halogenated alkanes) is 1. The van der Waals surface area contributed by atoms with Crippen molar-refractivity contribution < 1.29 is 4.79 Å². The highest BCUT2D eigenvalue weighted by atomic mass is 16.1. The first-order valence-corrected chi connectivity index (χ1v) is 4.99. The van der Waals surface area contributed by atoms with Gasteiger partial charge < -0.3 is 4.90 Å². The topological polar surface area (TPSA) is 20.3 Å². The highest BCUT2D eigenvalue weighted by Crippen LogP contribution is 2.12. The highest BCUT2D eigenvalue weighted by Gasteiger charge is 2.22. The van der Waals surface area contributed by atoms with Gasteiger partial charge in [0.2, 0.25) is 0 Å². The van der Waals surface area contributed by atoms with Crippen molar-refractivity contribution in [1.82, 2.24) is 4.90 Å². The van der Waals surface area contributed by atoms with Crippen LogP contribution in [0.5, 0.6) is 0 Å². The molecule has 1 fully saturated rings. The Labute approximate surface area is 74.9 Å². The fourth-order valence-corrected chi connectivity index (χ4v) is 1.68. The SMILES string of the molecule is CCCCN1CCC(=O)C(C)C1. The third kappa shape index (κ3) is 2.59. The second kappa shape index (κ2) is 4.61. The molecule has 70 valence electrons. The van der Waals surface area contributed by atoms with Crippen molar-refractivity contribution in [3.63, 3.8) is 0 Å². The molecule has 0 aromatic heterocycles. The van der Waals surface area contributed by atoms with Gasteiger partial charge in [-0.05, 0) is 13.0 Å². The first-order chi connectivity index (χ1) is 5.74. The average Bonchev–Trinajstić information content (AvgIpc) is 2.07. The zero-order valence-corrected chi connectivity index (χ0v) is 8.18. The van der Waals surface area contributed by atoms with Gasteiger partial charge in [-0.25, -0.2) is 0 Å². The van der Waals surface area contributed by atoms with E-state index in [1.807, 2.05) is 6.92 Å². The van der Waals surface area contributed by atoms with Crippen molar-refractivity contribution in [3.8, 4) is 0 Å². The van der Waals surface area contributed by atoms with Crippen molar-refractivity contribution in [2.24, 2.45) is 5.92 Å². The van der Waals surface area contributed by atoms with Crippen LogP contribution in [0.4, 0.5) is 0 Å². The van der Waals surface area contributed by atoms with Crippen LogP contribution in [0, 0.1) is 5.92 Å². The summed E-state index contributed by atoms with van der Waals surface area (Å²) in [4.78, 5) is 13.6. The molecule has 1 heterocycles. The van der Waals surface area contributed by atoms with Crippen LogP contribution in [0.1, 0.15) is 33.1 Å². The van der Waals surface area contributed by atoms with Crippen molar-refractivity contribution >= 4 is 5.78 Å². The summed E-state index contributed by atoms with van der Waals surface area (Å²) in [5, 5.41) is 0. The van der Waals surface area contributed by atoms with Gasteiger partial charge in [0.1, 0.15) is 5.78 Å². The lowest BCUT2D eigenvalue weighted by Crippen LogP contribution is -2.39. The Kier molecular flexibility index (Phi) is 3.73. The maximum Gasteiger partial charge on any atom is 0.138 e. The minimum atomic E-state index is 0.274. The lowest BCUT2D eigenvalue weighted by molar-refractivity contribution is -0.125. The summed E-state index contributed by atoms with van der Waals surface area (Å²) in [6.45, 7) is 7.40. The summed E-state index contributed by atoms with van der Waals surface area (Å²) in [5.41, 5.74) is 0. The van der Waals surface area contributed by atoms with Gasteiger partial charge in [0, 0.05) is 25.4 Å². The Morgan fingerprint density at radius 2 is 2.33 bits per heavy atom. The molecule has 0 saturated carbocycles. The van der Waals surface area contributed by atoms with Gasteiger partial charge in [-0.1, -0.05) is 20.3 Å². The van der Waals surface area contributed by atoms with Gasteiger partial charge in [-0.3, -0.25) is 4.79 Å². The van der Waals surface area contributed by atoms with E-state index in [-0.39, 0.29) is 5.92 Å². The van der Waals surface area contributed by atoms with Crippen LogP contribution in [0.3, 0.4) is 0 Å². The Bertz CT molecular complexity index is 156. The summed E-state index contributed by atoms with van der Waals surface area (Å²) >= 11 is 0. The zero-order valence-electron chi connectivity index (χ0n) is 8.18. The first kappa shape index (κ1) is 9.72. The molecule has 1 aliphatic heterocycles. The summed E-state index contributed by atoms with van der Waals surface area (Å²) in [5.74, 6) is 0.721. The molecule has 0 aliphatic carbocycles. The molecular weight excluding hydrogens is 150 g/mol. The number of rotatable bonds is 3. The third-order valence-corrected chi connectivity index (χ3v) is 2.58. The molecular formula is C10H19NO. The monoisotopic (exact) mass is 169 g/mol. The molecule has 0 aromatic rings. The standard InChI is InChI=1S/C10H19NO/c1-3-4-6-11-7-5-10(12)9(2)8-11/h9H,3-8H2,1-2H3. The van der Waals surface area contributed by atoms with E-state index in [1.165, 1.54) is 19.4 Å². The number of nitrogens with zero attached hydrogens (tertiary/aromatic N) is 1. The molecule has 1 saturated heterocycles. The first-order valence-electron chi connectivity index (χ1n) is 4.99. The molecule has 2 nitrogen and oxygen atoms in total. The smallest absolute Gasteiger partial charge is 0.138 e. The lowest BCUT2D eigenvalue weighted by Gasteiger charge is -2.29. The van der Waals surface area contributed by atoms with E-state index in [0.29, 0.717) is 5.78 Å². The number of likely N-dealkylation sites (tertiary alicyclic amines) is 1. The second-order valence-corrected chi connectivity index (χ2v) is 3.77. The van der Waals surface area contributed by atoms with Gasteiger partial charge in [-0.2, -0.15) is 0 Å². The molecule has 0 spiro atoms. The summed E-state index contributed by atoms with van der Waals surface area (Å²) in [6.07, 6.45) is 3.28. The molecule has 1 rings (SSSR count). The van der Waals surface area contributed by atoms with Crippen LogP contribution < -0.4 is 0 Å². The van der Waals surface area contributed by atoms with E-state index in [4.69, 9.17) is 0 Å². The Morgan fingerprint density at radius 3 is 2.92 bits per heavy atom. The van der Waals surface area contributed by atoms with E-state index < -0.39 is 0 Å². The van der Waals surface area contributed by atoms with Gasteiger partial charge >= 0.3 is 0 Å². The molecule has 2 heteroatoms.